The zero-order valence-corrected chi connectivity index (χ0v) is 7.33. The number of rotatable bonds is 2. The van der Waals surface area contributed by atoms with Crippen LogP contribution in [-0.2, 0) is 13.0 Å². The van der Waals surface area contributed by atoms with Crippen LogP contribution in [0.25, 0.3) is 0 Å². The predicted molar refractivity (Wildman–Crippen MR) is 49.5 cm³/mol. The molecule has 1 aromatic carbocycles. The molecule has 1 unspecified atom stereocenters. The SMILES string of the molecule is NCC1Cc2cc(CO)c(O)cc21. The van der Waals surface area contributed by atoms with E-state index in [-0.39, 0.29) is 12.4 Å². The van der Waals surface area contributed by atoms with Crippen molar-refractivity contribution >= 4 is 0 Å². The number of phenols is 1. The Labute approximate surface area is 76.8 Å². The van der Waals surface area contributed by atoms with Crippen molar-refractivity contribution in [3.63, 3.8) is 0 Å². The van der Waals surface area contributed by atoms with Crippen molar-refractivity contribution in [2.45, 2.75) is 18.9 Å². The van der Waals surface area contributed by atoms with E-state index in [1.807, 2.05) is 6.07 Å². The van der Waals surface area contributed by atoms with Gasteiger partial charge in [0, 0.05) is 11.5 Å². The standard InChI is InChI=1S/C10H13NO2/c11-4-7-1-6-2-8(5-12)10(13)3-9(6)7/h2-3,7,12-13H,1,4-5,11H2. The first kappa shape index (κ1) is 8.53. The molecule has 2 rings (SSSR count). The van der Waals surface area contributed by atoms with Gasteiger partial charge in [-0.2, -0.15) is 0 Å². The van der Waals surface area contributed by atoms with Gasteiger partial charge in [0.15, 0.2) is 0 Å². The van der Waals surface area contributed by atoms with Crippen LogP contribution in [0.1, 0.15) is 22.6 Å². The highest BCUT2D eigenvalue weighted by atomic mass is 16.3. The van der Waals surface area contributed by atoms with Gasteiger partial charge in [0.1, 0.15) is 5.75 Å². The molecule has 0 saturated carbocycles. The first-order valence-corrected chi connectivity index (χ1v) is 4.42. The quantitative estimate of drug-likeness (QED) is 0.618. The molecule has 1 aliphatic rings. The topological polar surface area (TPSA) is 66.5 Å². The molecule has 1 aliphatic carbocycles. The summed E-state index contributed by atoms with van der Waals surface area (Å²) in [5.41, 5.74) is 8.49. The van der Waals surface area contributed by atoms with Crippen LogP contribution in [0.4, 0.5) is 0 Å². The van der Waals surface area contributed by atoms with Crippen molar-refractivity contribution in [3.05, 3.63) is 28.8 Å². The van der Waals surface area contributed by atoms with Gasteiger partial charge in [0.25, 0.3) is 0 Å². The normalized spacial score (nSPS) is 19.4. The average Bonchev–Trinajstić information content (AvgIpc) is 2.12. The molecule has 0 bridgehead atoms. The highest BCUT2D eigenvalue weighted by Gasteiger charge is 2.26. The van der Waals surface area contributed by atoms with Gasteiger partial charge in [0.05, 0.1) is 6.61 Å². The fourth-order valence-corrected chi connectivity index (χ4v) is 1.84. The molecule has 1 atom stereocenters. The lowest BCUT2D eigenvalue weighted by Crippen LogP contribution is -2.24. The highest BCUT2D eigenvalue weighted by Crippen LogP contribution is 2.38. The highest BCUT2D eigenvalue weighted by molar-refractivity contribution is 5.49. The van der Waals surface area contributed by atoms with E-state index in [1.165, 1.54) is 5.56 Å². The lowest BCUT2D eigenvalue weighted by atomic mass is 9.77. The number of aromatic hydroxyl groups is 1. The van der Waals surface area contributed by atoms with Crippen LogP contribution < -0.4 is 5.73 Å². The van der Waals surface area contributed by atoms with Gasteiger partial charge in [-0.05, 0) is 36.2 Å². The monoisotopic (exact) mass is 179 g/mol. The predicted octanol–water partition coefficient (Wildman–Crippen LogP) is 0.483. The maximum atomic E-state index is 9.46. The largest absolute Gasteiger partial charge is 0.508 e. The smallest absolute Gasteiger partial charge is 0.121 e. The van der Waals surface area contributed by atoms with Crippen LogP contribution in [0.15, 0.2) is 12.1 Å². The Balaban J connectivity index is 2.38. The Morgan fingerprint density at radius 1 is 1.46 bits per heavy atom. The van der Waals surface area contributed by atoms with E-state index in [1.54, 1.807) is 6.07 Å². The number of nitrogens with two attached hydrogens (primary N) is 1. The minimum absolute atomic E-state index is 0.105. The van der Waals surface area contributed by atoms with E-state index in [0.29, 0.717) is 18.0 Å². The van der Waals surface area contributed by atoms with E-state index in [9.17, 15) is 5.11 Å². The molecule has 13 heavy (non-hydrogen) atoms. The molecule has 0 amide bonds. The number of hydrogen-bond acceptors (Lipinski definition) is 3. The molecule has 0 radical (unpaired) electrons. The van der Waals surface area contributed by atoms with Gasteiger partial charge < -0.3 is 15.9 Å². The first-order valence-electron chi connectivity index (χ1n) is 4.42. The lowest BCUT2D eigenvalue weighted by molar-refractivity contribution is 0.275. The van der Waals surface area contributed by atoms with Crippen LogP contribution >= 0.6 is 0 Å². The molecule has 4 N–H and O–H groups in total. The van der Waals surface area contributed by atoms with Crippen LogP contribution in [0.3, 0.4) is 0 Å². The summed E-state index contributed by atoms with van der Waals surface area (Å²) in [4.78, 5) is 0. The fourth-order valence-electron chi connectivity index (χ4n) is 1.84. The Bertz CT molecular complexity index is 336. The lowest BCUT2D eigenvalue weighted by Gasteiger charge is -2.29. The zero-order valence-electron chi connectivity index (χ0n) is 7.33. The van der Waals surface area contributed by atoms with Gasteiger partial charge in [-0.3, -0.25) is 0 Å². The van der Waals surface area contributed by atoms with Crippen LogP contribution in [0, 0.1) is 0 Å². The second kappa shape index (κ2) is 3.01. The van der Waals surface area contributed by atoms with E-state index < -0.39 is 0 Å². The van der Waals surface area contributed by atoms with Crippen molar-refractivity contribution in [2.75, 3.05) is 6.54 Å². The van der Waals surface area contributed by atoms with Crippen LogP contribution in [0.2, 0.25) is 0 Å². The van der Waals surface area contributed by atoms with Crippen LogP contribution in [-0.4, -0.2) is 16.8 Å². The summed E-state index contributed by atoms with van der Waals surface area (Å²) in [5, 5.41) is 18.4. The molecule has 0 saturated heterocycles. The zero-order chi connectivity index (χ0) is 9.42. The Kier molecular flexibility index (Phi) is 1.98. The average molecular weight is 179 g/mol. The van der Waals surface area contributed by atoms with Gasteiger partial charge in [-0.1, -0.05) is 0 Å². The molecule has 0 spiro atoms. The summed E-state index contributed by atoms with van der Waals surface area (Å²) < 4.78 is 0. The minimum Gasteiger partial charge on any atom is -0.508 e. The van der Waals surface area contributed by atoms with E-state index in [2.05, 4.69) is 0 Å². The molecular weight excluding hydrogens is 166 g/mol. The van der Waals surface area contributed by atoms with E-state index >= 15 is 0 Å². The number of hydrogen-bond donors (Lipinski definition) is 3. The number of fused-ring (bicyclic) bond motifs is 1. The van der Waals surface area contributed by atoms with Crippen molar-refractivity contribution in [1.82, 2.24) is 0 Å². The summed E-state index contributed by atoms with van der Waals surface area (Å²) in [5.74, 6) is 0.577. The van der Waals surface area contributed by atoms with Crippen molar-refractivity contribution in [2.24, 2.45) is 5.73 Å². The van der Waals surface area contributed by atoms with E-state index in [4.69, 9.17) is 10.8 Å². The molecule has 0 aromatic heterocycles. The fraction of sp³-hybridized carbons (Fsp3) is 0.400. The summed E-state index contributed by atoms with van der Waals surface area (Å²) in [6.45, 7) is 0.525. The molecule has 70 valence electrons. The molecule has 0 fully saturated rings. The van der Waals surface area contributed by atoms with E-state index in [0.717, 1.165) is 12.0 Å². The second-order valence-corrected chi connectivity index (χ2v) is 3.47. The van der Waals surface area contributed by atoms with Crippen molar-refractivity contribution in [1.29, 1.82) is 0 Å². The van der Waals surface area contributed by atoms with Gasteiger partial charge >= 0.3 is 0 Å². The second-order valence-electron chi connectivity index (χ2n) is 3.47. The van der Waals surface area contributed by atoms with Gasteiger partial charge in [-0.15, -0.1) is 0 Å². The Hall–Kier alpha value is -1.06. The third-order valence-corrected chi connectivity index (χ3v) is 2.70. The number of benzene rings is 1. The molecule has 3 heteroatoms. The number of aliphatic hydroxyl groups excluding tert-OH is 1. The third-order valence-electron chi connectivity index (χ3n) is 2.70. The first-order chi connectivity index (χ1) is 6.26. The molecule has 1 aromatic rings. The maximum Gasteiger partial charge on any atom is 0.121 e. The molecule has 3 nitrogen and oxygen atoms in total. The molecular formula is C10H13NO2. The van der Waals surface area contributed by atoms with Gasteiger partial charge in [0.2, 0.25) is 0 Å². The Morgan fingerprint density at radius 3 is 2.85 bits per heavy atom. The summed E-state index contributed by atoms with van der Waals surface area (Å²) in [7, 11) is 0. The Morgan fingerprint density at radius 2 is 2.23 bits per heavy atom. The summed E-state index contributed by atoms with van der Waals surface area (Å²) in [6, 6.07) is 3.58. The van der Waals surface area contributed by atoms with Crippen molar-refractivity contribution in [3.8, 4) is 5.75 Å². The van der Waals surface area contributed by atoms with Gasteiger partial charge in [-0.25, -0.2) is 0 Å². The maximum absolute atomic E-state index is 9.46. The summed E-state index contributed by atoms with van der Waals surface area (Å²) in [6.07, 6.45) is 0.971. The molecule has 0 heterocycles. The van der Waals surface area contributed by atoms with Crippen LogP contribution in [0.5, 0.6) is 5.75 Å². The number of aliphatic hydroxyl groups is 1. The van der Waals surface area contributed by atoms with Crippen molar-refractivity contribution < 1.29 is 10.2 Å². The summed E-state index contributed by atoms with van der Waals surface area (Å²) >= 11 is 0. The minimum atomic E-state index is -0.105. The third kappa shape index (κ3) is 1.20. The molecule has 0 aliphatic heterocycles.